The molecule has 0 fully saturated rings. The smallest absolute Gasteiger partial charge is 0 e. The third-order valence-electron chi connectivity index (χ3n) is 5.08. The van der Waals surface area contributed by atoms with E-state index >= 15 is 0 Å². The third-order valence-corrected chi connectivity index (χ3v) is 17.5. The molecule has 229 valence electrons. The van der Waals surface area contributed by atoms with Crippen LogP contribution < -0.4 is 0 Å². The van der Waals surface area contributed by atoms with E-state index in [2.05, 4.69) is 81.0 Å². The van der Waals surface area contributed by atoms with Gasteiger partial charge in [-0.25, -0.2) is 0 Å². The summed E-state index contributed by atoms with van der Waals surface area (Å²) in [7, 11) is -10.1. The van der Waals surface area contributed by atoms with Gasteiger partial charge >= 0.3 is 33.0 Å². The quantitative estimate of drug-likeness (QED) is 0.128. The molecule has 0 aliphatic rings. The van der Waals surface area contributed by atoms with Crippen molar-refractivity contribution in [3.63, 3.8) is 0 Å². The van der Waals surface area contributed by atoms with Crippen molar-refractivity contribution in [1.29, 1.82) is 0 Å². The van der Waals surface area contributed by atoms with Crippen molar-refractivity contribution >= 4 is 55.3 Å². The minimum absolute atomic E-state index is 0. The fourth-order valence-corrected chi connectivity index (χ4v) is 15.8. The molecule has 36 heavy (non-hydrogen) atoms. The monoisotopic (exact) mass is 844 g/mol. The second-order valence-electron chi connectivity index (χ2n) is 10.2. The molecule has 0 unspecified atom stereocenters. The van der Waals surface area contributed by atoms with Crippen molar-refractivity contribution in [2.24, 2.45) is 0 Å². The van der Waals surface area contributed by atoms with Crippen molar-refractivity contribution in [2.45, 2.75) is 27.7 Å². The maximum Gasteiger partial charge on any atom is 0 e. The number of hydrogen-bond donors (Lipinski definition) is 0. The van der Waals surface area contributed by atoms with E-state index in [1.165, 1.54) is 49.3 Å². The van der Waals surface area contributed by atoms with E-state index in [4.69, 9.17) is 0 Å². The molecule has 1 radical (unpaired) electrons. The maximum atomic E-state index is 9.87. The van der Waals surface area contributed by atoms with Gasteiger partial charge in [0, 0.05) is 89.6 Å². The maximum absolute atomic E-state index is 10.7. The molecule has 0 aromatic carbocycles. The standard InChI is InChI=1S/C10H24P2.2C6H16P2.F6P.Re/c1-5-11(6-2)9-10-12(7-3)8-4;2*1-7(2)5-6-8(3)4;1-7(2,3,4,5)6;/h5-10H2,1-4H3;2*5-6H2,1-4H3;;/q;;;-1;/p+6. The molecule has 0 bridgehead atoms. The van der Waals surface area contributed by atoms with Crippen LogP contribution in [0.5, 0.6) is 0 Å². The molecule has 0 aliphatic carbocycles. The Bertz CT molecular complexity index is 401. The zero-order valence-corrected chi connectivity index (χ0v) is 34.8. The van der Waals surface area contributed by atoms with Gasteiger partial charge in [0.1, 0.15) is 0 Å². The van der Waals surface area contributed by atoms with Gasteiger partial charge in [0.05, 0.1) is 61.6 Å². The third kappa shape index (κ3) is 71.0. The summed E-state index contributed by atoms with van der Waals surface area (Å²) in [4.78, 5) is 0. The molecule has 0 N–H and O–H groups in total. The Morgan fingerprint density at radius 2 is 0.528 bits per heavy atom. The van der Waals surface area contributed by atoms with Crippen LogP contribution in [0, 0.1) is 0 Å². The second-order valence-corrected chi connectivity index (χ2v) is 30.6. The minimum atomic E-state index is -10.7. The Hall–Kier alpha value is 3.25. The molecule has 0 spiro atoms. The van der Waals surface area contributed by atoms with Crippen molar-refractivity contribution in [3.8, 4) is 0 Å². The second kappa shape index (κ2) is 24.8. The number of hydrogen-bond acceptors (Lipinski definition) is 0. The van der Waals surface area contributed by atoms with Crippen LogP contribution in [0.25, 0.3) is 0 Å². The van der Waals surface area contributed by atoms with Crippen molar-refractivity contribution < 1.29 is 45.6 Å². The van der Waals surface area contributed by atoms with Gasteiger partial charge in [-0.05, 0) is 59.4 Å². The first-order valence-electron chi connectivity index (χ1n) is 12.9. The summed E-state index contributed by atoms with van der Waals surface area (Å²) in [6.07, 6.45) is 15.3. The number of rotatable bonds is 13. The van der Waals surface area contributed by atoms with E-state index in [0.717, 1.165) is 0 Å². The van der Waals surface area contributed by atoms with E-state index in [1.807, 2.05) is 0 Å². The van der Waals surface area contributed by atoms with Gasteiger partial charge in [0.2, 0.25) is 0 Å². The van der Waals surface area contributed by atoms with Crippen LogP contribution in [0.1, 0.15) is 27.7 Å². The Balaban J connectivity index is -0.000000120. The zero-order valence-electron chi connectivity index (χ0n) is 25.2. The fourth-order valence-electron chi connectivity index (χ4n) is 2.56. The summed E-state index contributed by atoms with van der Waals surface area (Å²) in [5.41, 5.74) is 0. The van der Waals surface area contributed by atoms with Gasteiger partial charge in [-0.15, -0.1) is 0 Å². The largest absolute Gasteiger partial charge is 0 e. The predicted molar refractivity (Wildman–Crippen MR) is 182 cm³/mol. The predicted octanol–water partition coefficient (Wildman–Crippen LogP) is 10.7. The Morgan fingerprint density at radius 3 is 0.611 bits per heavy atom. The minimum Gasteiger partial charge on any atom is 0 e. The van der Waals surface area contributed by atoms with Crippen LogP contribution in [0.2, 0.25) is 0 Å². The van der Waals surface area contributed by atoms with Gasteiger partial charge in [-0.2, -0.15) is 0 Å². The summed E-state index contributed by atoms with van der Waals surface area (Å²) in [5.74, 6) is 0. The van der Waals surface area contributed by atoms with Crippen molar-refractivity contribution in [3.05, 3.63) is 0 Å². The van der Waals surface area contributed by atoms with E-state index in [-0.39, 0.29) is 68.0 Å². The normalized spacial score (nSPS) is 13.3. The zero-order chi connectivity index (χ0) is 28.9. The molecule has 0 amide bonds. The van der Waals surface area contributed by atoms with E-state index in [9.17, 15) is 25.2 Å². The van der Waals surface area contributed by atoms with Gasteiger partial charge in [-0.1, -0.05) is 0 Å². The molecule has 0 atom stereocenters. The molecule has 0 rings (SSSR count). The molecular formula is C22H62F6P7Re+5. The molecule has 0 aromatic rings. The van der Waals surface area contributed by atoms with Crippen LogP contribution in [0.3, 0.4) is 0 Å². The topological polar surface area (TPSA) is 0 Å². The SMILES string of the molecule is CC[PH+](CC)CC[PH+](CC)CC.C[PH+](C)CC[PH+](C)C.C[PH+](C)CC[PH+](C)C.F[P-](F)(F)(F)(F)F.[Re]. The summed E-state index contributed by atoms with van der Waals surface area (Å²) >= 11 is 0. The first kappa shape index (κ1) is 49.0. The molecule has 0 nitrogen and oxygen atoms in total. The van der Waals surface area contributed by atoms with Crippen LogP contribution in [0.15, 0.2) is 0 Å². The van der Waals surface area contributed by atoms with Crippen LogP contribution in [-0.4, -0.2) is 115 Å². The Kier molecular flexibility index (Phi) is 33.7. The molecule has 0 saturated carbocycles. The van der Waals surface area contributed by atoms with Gasteiger partial charge in [0.25, 0.3) is 0 Å². The van der Waals surface area contributed by atoms with Crippen LogP contribution in [-0.2, 0) is 20.4 Å². The summed E-state index contributed by atoms with van der Waals surface area (Å²) < 4.78 is 59.2. The summed E-state index contributed by atoms with van der Waals surface area (Å²) in [5, 5.41) is 0. The number of halogens is 6. The average molecular weight is 844 g/mol. The van der Waals surface area contributed by atoms with Crippen LogP contribution >= 0.6 is 55.3 Å². The van der Waals surface area contributed by atoms with Crippen molar-refractivity contribution in [2.75, 3.05) is 115 Å². The van der Waals surface area contributed by atoms with Gasteiger partial charge in [-0.3, -0.25) is 0 Å². The molecular weight excluding hydrogens is 781 g/mol. The van der Waals surface area contributed by atoms with E-state index < -0.39 is 7.81 Å². The molecule has 0 aromatic heterocycles. The fraction of sp³-hybridized carbons (Fsp3) is 1.00. The Morgan fingerprint density at radius 1 is 0.389 bits per heavy atom. The molecule has 0 saturated heterocycles. The van der Waals surface area contributed by atoms with Crippen LogP contribution in [0.4, 0.5) is 25.2 Å². The molecule has 14 heteroatoms. The average Bonchev–Trinajstić information content (AvgIpc) is 2.67. The summed E-state index contributed by atoms with van der Waals surface area (Å²) in [6.45, 7) is 28.7. The van der Waals surface area contributed by atoms with E-state index in [1.54, 1.807) is 12.3 Å². The van der Waals surface area contributed by atoms with Gasteiger partial charge < -0.3 is 0 Å². The van der Waals surface area contributed by atoms with Crippen molar-refractivity contribution in [1.82, 2.24) is 0 Å². The van der Waals surface area contributed by atoms with E-state index in [0.29, 0.717) is 0 Å². The van der Waals surface area contributed by atoms with Gasteiger partial charge in [0.15, 0.2) is 0 Å². The molecule has 0 aliphatic heterocycles. The Labute approximate surface area is 242 Å². The first-order chi connectivity index (χ1) is 15.5. The summed E-state index contributed by atoms with van der Waals surface area (Å²) in [6, 6.07) is 0. The molecule has 0 heterocycles. The first-order valence-corrected chi connectivity index (χ1v) is 30.0.